The topological polar surface area (TPSA) is 58.2 Å². The van der Waals surface area contributed by atoms with Crippen molar-refractivity contribution in [2.45, 2.75) is 30.0 Å². The van der Waals surface area contributed by atoms with Crippen LogP contribution in [0.15, 0.2) is 23.1 Å². The molecule has 0 amide bonds. The van der Waals surface area contributed by atoms with Crippen LogP contribution in [-0.2, 0) is 16.6 Å². The molecular weight excluding hydrogens is 316 g/mol. The van der Waals surface area contributed by atoms with E-state index in [1.807, 2.05) is 20.1 Å². The van der Waals surface area contributed by atoms with Crippen LogP contribution in [0.1, 0.15) is 19.4 Å². The molecule has 0 saturated heterocycles. The lowest BCUT2D eigenvalue weighted by Crippen LogP contribution is -2.36. The van der Waals surface area contributed by atoms with Gasteiger partial charge < -0.3 is 5.32 Å². The number of thioether (sulfide) groups is 1. The zero-order chi connectivity index (χ0) is 15.4. The molecule has 1 aromatic rings. The summed E-state index contributed by atoms with van der Waals surface area (Å²) in [4.78, 5) is 0.240. The molecule has 114 valence electrons. The van der Waals surface area contributed by atoms with Crippen molar-refractivity contribution in [3.8, 4) is 0 Å². The minimum absolute atomic E-state index is 0.146. The van der Waals surface area contributed by atoms with Gasteiger partial charge in [-0.1, -0.05) is 11.6 Å². The van der Waals surface area contributed by atoms with Gasteiger partial charge in [0.25, 0.3) is 0 Å². The number of hydrogen-bond donors (Lipinski definition) is 2. The SMILES string of the molecule is CNCc1cc(S(=O)(=O)NCC(C)(C)SC)ccc1Cl. The van der Waals surface area contributed by atoms with Crippen LogP contribution in [0.4, 0.5) is 0 Å². The predicted molar refractivity (Wildman–Crippen MR) is 87.0 cm³/mol. The highest BCUT2D eigenvalue weighted by Crippen LogP contribution is 2.23. The normalized spacial score (nSPS) is 12.7. The van der Waals surface area contributed by atoms with Gasteiger partial charge in [-0.15, -0.1) is 0 Å². The fraction of sp³-hybridized carbons (Fsp3) is 0.538. The Morgan fingerprint density at radius 2 is 2.00 bits per heavy atom. The maximum absolute atomic E-state index is 12.3. The Hall–Kier alpha value is -0.270. The van der Waals surface area contributed by atoms with Crippen LogP contribution >= 0.6 is 23.4 Å². The second-order valence-corrected chi connectivity index (χ2v) is 8.76. The average molecular weight is 337 g/mol. The molecule has 0 aliphatic rings. The molecule has 7 heteroatoms. The van der Waals surface area contributed by atoms with Crippen molar-refractivity contribution in [3.05, 3.63) is 28.8 Å². The molecule has 1 rings (SSSR count). The third kappa shape index (κ3) is 4.93. The summed E-state index contributed by atoms with van der Waals surface area (Å²) < 4.78 is 27.1. The van der Waals surface area contributed by atoms with Crippen LogP contribution in [0.2, 0.25) is 5.02 Å². The number of sulfonamides is 1. The van der Waals surface area contributed by atoms with Gasteiger partial charge in [-0.3, -0.25) is 0 Å². The molecule has 0 aliphatic carbocycles. The van der Waals surface area contributed by atoms with Crippen molar-refractivity contribution in [3.63, 3.8) is 0 Å². The smallest absolute Gasteiger partial charge is 0.240 e. The van der Waals surface area contributed by atoms with Gasteiger partial charge in [0.15, 0.2) is 0 Å². The van der Waals surface area contributed by atoms with Gasteiger partial charge in [0.2, 0.25) is 10.0 Å². The quantitative estimate of drug-likeness (QED) is 0.803. The van der Waals surface area contributed by atoms with E-state index in [4.69, 9.17) is 11.6 Å². The first-order chi connectivity index (χ1) is 9.22. The Morgan fingerprint density at radius 3 is 2.55 bits per heavy atom. The maximum Gasteiger partial charge on any atom is 0.240 e. The maximum atomic E-state index is 12.3. The van der Waals surface area contributed by atoms with Gasteiger partial charge in [0, 0.05) is 22.9 Å². The predicted octanol–water partition coefficient (Wildman–Crippen LogP) is 2.48. The van der Waals surface area contributed by atoms with Crippen LogP contribution in [0.25, 0.3) is 0 Å². The van der Waals surface area contributed by atoms with E-state index in [1.165, 1.54) is 6.07 Å². The van der Waals surface area contributed by atoms with E-state index in [1.54, 1.807) is 30.9 Å². The Bertz CT molecular complexity index is 559. The van der Waals surface area contributed by atoms with Crippen LogP contribution in [0.3, 0.4) is 0 Å². The lowest BCUT2D eigenvalue weighted by atomic mass is 10.2. The lowest BCUT2D eigenvalue weighted by molar-refractivity contribution is 0.570. The van der Waals surface area contributed by atoms with Crippen molar-refractivity contribution in [2.75, 3.05) is 19.8 Å². The first-order valence-electron chi connectivity index (χ1n) is 6.20. The van der Waals surface area contributed by atoms with Crippen molar-refractivity contribution >= 4 is 33.4 Å². The van der Waals surface area contributed by atoms with E-state index in [0.717, 1.165) is 5.56 Å². The standard InChI is InChI=1S/C13H21ClN2O2S2/c1-13(2,19-4)9-16-20(17,18)11-5-6-12(14)10(7-11)8-15-3/h5-7,15-16H,8-9H2,1-4H3. The molecule has 1 aromatic carbocycles. The molecule has 0 fully saturated rings. The molecule has 0 heterocycles. The fourth-order valence-corrected chi connectivity index (χ4v) is 3.22. The molecule has 0 aliphatic heterocycles. The second kappa shape index (κ2) is 7.13. The summed E-state index contributed by atoms with van der Waals surface area (Å²) in [6.45, 7) is 4.89. The summed E-state index contributed by atoms with van der Waals surface area (Å²) in [5.74, 6) is 0. The number of halogens is 1. The van der Waals surface area contributed by atoms with E-state index in [0.29, 0.717) is 18.1 Å². The molecule has 0 aromatic heterocycles. The highest BCUT2D eigenvalue weighted by molar-refractivity contribution is 8.00. The number of hydrogen-bond acceptors (Lipinski definition) is 4. The molecule has 4 nitrogen and oxygen atoms in total. The van der Waals surface area contributed by atoms with Gasteiger partial charge in [0.1, 0.15) is 0 Å². The third-order valence-corrected chi connectivity index (χ3v) is 5.95. The minimum Gasteiger partial charge on any atom is -0.316 e. The Kier molecular flexibility index (Phi) is 6.34. The number of nitrogens with one attached hydrogen (secondary N) is 2. The molecule has 0 atom stereocenters. The summed E-state index contributed by atoms with van der Waals surface area (Å²) in [5, 5.41) is 3.52. The highest BCUT2D eigenvalue weighted by atomic mass is 35.5. The van der Waals surface area contributed by atoms with Gasteiger partial charge in [-0.2, -0.15) is 11.8 Å². The fourth-order valence-electron chi connectivity index (χ4n) is 1.47. The Balaban J connectivity index is 2.95. The Labute approximate surface area is 130 Å². The van der Waals surface area contributed by atoms with Gasteiger partial charge >= 0.3 is 0 Å². The highest BCUT2D eigenvalue weighted by Gasteiger charge is 2.21. The van der Waals surface area contributed by atoms with Gasteiger partial charge in [0.05, 0.1) is 4.90 Å². The first-order valence-corrected chi connectivity index (χ1v) is 9.28. The van der Waals surface area contributed by atoms with Crippen LogP contribution in [0.5, 0.6) is 0 Å². The summed E-state index contributed by atoms with van der Waals surface area (Å²) >= 11 is 7.66. The van der Waals surface area contributed by atoms with Crippen molar-refractivity contribution in [2.24, 2.45) is 0 Å². The van der Waals surface area contributed by atoms with Crippen LogP contribution in [0, 0.1) is 0 Å². The molecule has 20 heavy (non-hydrogen) atoms. The van der Waals surface area contributed by atoms with Crippen LogP contribution in [-0.4, -0.2) is 33.0 Å². The lowest BCUT2D eigenvalue weighted by Gasteiger charge is -2.22. The number of benzene rings is 1. The molecule has 0 bridgehead atoms. The second-order valence-electron chi connectivity index (χ2n) is 5.07. The minimum atomic E-state index is -3.51. The molecule has 0 radical (unpaired) electrons. The van der Waals surface area contributed by atoms with Gasteiger partial charge in [-0.25, -0.2) is 13.1 Å². The monoisotopic (exact) mass is 336 g/mol. The summed E-state index contributed by atoms with van der Waals surface area (Å²) in [6.07, 6.45) is 1.96. The molecule has 0 saturated carbocycles. The van der Waals surface area contributed by atoms with Gasteiger partial charge in [-0.05, 0) is 50.9 Å². The van der Waals surface area contributed by atoms with Crippen LogP contribution < -0.4 is 10.0 Å². The average Bonchev–Trinajstić information content (AvgIpc) is 2.39. The Morgan fingerprint density at radius 1 is 1.35 bits per heavy atom. The first kappa shape index (κ1) is 17.8. The largest absolute Gasteiger partial charge is 0.316 e. The van der Waals surface area contributed by atoms with Crippen molar-refractivity contribution in [1.29, 1.82) is 0 Å². The zero-order valence-electron chi connectivity index (χ0n) is 12.2. The van der Waals surface area contributed by atoms with E-state index < -0.39 is 10.0 Å². The molecule has 0 spiro atoms. The molecule has 2 N–H and O–H groups in total. The number of rotatable bonds is 7. The third-order valence-electron chi connectivity index (χ3n) is 2.94. The molecular formula is C13H21ClN2O2S2. The van der Waals surface area contributed by atoms with E-state index in [9.17, 15) is 8.42 Å². The zero-order valence-corrected chi connectivity index (χ0v) is 14.5. The summed E-state index contributed by atoms with van der Waals surface area (Å²) in [5.41, 5.74) is 0.765. The van der Waals surface area contributed by atoms with Crippen molar-refractivity contribution < 1.29 is 8.42 Å². The summed E-state index contributed by atoms with van der Waals surface area (Å²) in [6, 6.07) is 4.74. The molecule has 0 unspecified atom stereocenters. The van der Waals surface area contributed by atoms with E-state index in [-0.39, 0.29) is 9.64 Å². The summed E-state index contributed by atoms with van der Waals surface area (Å²) in [7, 11) is -1.72. The van der Waals surface area contributed by atoms with E-state index in [2.05, 4.69) is 10.0 Å². The van der Waals surface area contributed by atoms with E-state index >= 15 is 0 Å². The van der Waals surface area contributed by atoms with Crippen molar-refractivity contribution in [1.82, 2.24) is 10.0 Å².